The monoisotopic (exact) mass is 489 g/mol. The number of nitrogens with zero attached hydrogens (tertiary/aromatic N) is 2. The molecule has 2 aromatic carbocycles. The second-order valence-corrected chi connectivity index (χ2v) is 10.9. The van der Waals surface area contributed by atoms with E-state index in [0.29, 0.717) is 18.0 Å². The maximum Gasteiger partial charge on any atom is 0.254 e. The first-order chi connectivity index (χ1) is 17.5. The van der Waals surface area contributed by atoms with Gasteiger partial charge in [-0.3, -0.25) is 14.5 Å². The third-order valence-electron chi connectivity index (χ3n) is 8.04. The fraction of sp³-hybridized carbons (Fsp3) is 0.533. The number of carbonyl (C=O) groups is 2. The zero-order valence-electron chi connectivity index (χ0n) is 21.6. The number of nitrogens with one attached hydrogen (secondary N) is 1. The Bertz CT molecular complexity index is 1030. The summed E-state index contributed by atoms with van der Waals surface area (Å²) in [4.78, 5) is 31.2. The molecule has 0 spiro atoms. The summed E-state index contributed by atoms with van der Waals surface area (Å²) in [5, 5.41) is 3.14. The van der Waals surface area contributed by atoms with E-state index in [1.807, 2.05) is 35.2 Å². The number of carbonyl (C=O) groups excluding carboxylic acids is 2. The van der Waals surface area contributed by atoms with Crippen molar-refractivity contribution in [3.63, 3.8) is 0 Å². The van der Waals surface area contributed by atoms with Gasteiger partial charge in [-0.1, -0.05) is 55.3 Å². The summed E-state index contributed by atoms with van der Waals surface area (Å²) < 4.78 is 5.84. The van der Waals surface area contributed by atoms with E-state index < -0.39 is 6.04 Å². The summed E-state index contributed by atoms with van der Waals surface area (Å²) >= 11 is 0. The molecule has 2 amide bonds. The second kappa shape index (κ2) is 11.1. The molecule has 36 heavy (non-hydrogen) atoms. The lowest BCUT2D eigenvalue weighted by Crippen LogP contribution is -2.49. The number of rotatable bonds is 6. The minimum Gasteiger partial charge on any atom is -0.373 e. The van der Waals surface area contributed by atoms with Gasteiger partial charge in [0.15, 0.2) is 0 Å². The molecule has 2 aliphatic heterocycles. The van der Waals surface area contributed by atoms with Crippen molar-refractivity contribution in [3.05, 3.63) is 71.3 Å². The lowest BCUT2D eigenvalue weighted by molar-refractivity contribution is -0.125. The molecule has 2 aromatic rings. The number of benzene rings is 2. The van der Waals surface area contributed by atoms with E-state index in [2.05, 4.69) is 48.3 Å². The minimum absolute atomic E-state index is 0.0127. The van der Waals surface area contributed by atoms with Crippen molar-refractivity contribution >= 4 is 11.8 Å². The number of amides is 2. The average Bonchev–Trinajstić information content (AvgIpc) is 3.27. The van der Waals surface area contributed by atoms with Crippen molar-refractivity contribution in [1.82, 2.24) is 15.1 Å². The third-order valence-corrected chi connectivity index (χ3v) is 8.04. The van der Waals surface area contributed by atoms with Gasteiger partial charge in [0.05, 0.1) is 12.2 Å². The van der Waals surface area contributed by atoms with Crippen LogP contribution in [-0.4, -0.2) is 59.0 Å². The van der Waals surface area contributed by atoms with Crippen LogP contribution in [0, 0.1) is 5.92 Å². The standard InChI is InChI=1S/C30H39N3O3/c1-21-18-32(19-22(2)36-21)20-24-14-12-23(13-15-24)17-31-29(34)28-16-26-10-6-7-11-27(26)33(28)30(35)25-8-4-3-5-9-25/h3-5,8-9,12-15,21-22,26-28H,6-7,10-11,16-20H2,1-2H3,(H,31,34). The van der Waals surface area contributed by atoms with Gasteiger partial charge in [0, 0.05) is 37.8 Å². The quantitative estimate of drug-likeness (QED) is 0.654. The molecule has 1 aliphatic carbocycles. The van der Waals surface area contributed by atoms with Crippen LogP contribution in [0.1, 0.15) is 67.4 Å². The molecule has 1 saturated carbocycles. The number of likely N-dealkylation sites (tertiary alicyclic amines) is 1. The van der Waals surface area contributed by atoms with Crippen molar-refractivity contribution < 1.29 is 14.3 Å². The highest BCUT2D eigenvalue weighted by molar-refractivity contribution is 5.98. The Morgan fingerprint density at radius 2 is 1.58 bits per heavy atom. The molecule has 5 atom stereocenters. The number of hydrogen-bond acceptors (Lipinski definition) is 4. The molecule has 0 aromatic heterocycles. The van der Waals surface area contributed by atoms with E-state index in [-0.39, 0.29) is 30.1 Å². The Kier molecular flexibility index (Phi) is 7.73. The molecule has 3 fully saturated rings. The van der Waals surface area contributed by atoms with Gasteiger partial charge < -0.3 is 15.0 Å². The lowest BCUT2D eigenvalue weighted by Gasteiger charge is -2.35. The normalized spacial score (nSPS) is 28.5. The van der Waals surface area contributed by atoms with Gasteiger partial charge >= 0.3 is 0 Å². The summed E-state index contributed by atoms with van der Waals surface area (Å²) in [5.74, 6) is 0.377. The van der Waals surface area contributed by atoms with Crippen LogP contribution in [-0.2, 0) is 22.6 Å². The van der Waals surface area contributed by atoms with Crippen LogP contribution in [0.2, 0.25) is 0 Å². The summed E-state index contributed by atoms with van der Waals surface area (Å²) in [6, 6.07) is 17.7. The van der Waals surface area contributed by atoms with Crippen molar-refractivity contribution in [3.8, 4) is 0 Å². The predicted octanol–water partition coefficient (Wildman–Crippen LogP) is 4.39. The van der Waals surface area contributed by atoms with Crippen LogP contribution >= 0.6 is 0 Å². The Balaban J connectivity index is 1.21. The largest absolute Gasteiger partial charge is 0.373 e. The highest BCUT2D eigenvalue weighted by Crippen LogP contribution is 2.40. The molecular formula is C30H39N3O3. The van der Waals surface area contributed by atoms with Gasteiger partial charge in [-0.2, -0.15) is 0 Å². The van der Waals surface area contributed by atoms with Gasteiger partial charge in [-0.15, -0.1) is 0 Å². The van der Waals surface area contributed by atoms with E-state index in [4.69, 9.17) is 4.74 Å². The predicted molar refractivity (Wildman–Crippen MR) is 140 cm³/mol. The molecular weight excluding hydrogens is 450 g/mol. The third kappa shape index (κ3) is 5.65. The topological polar surface area (TPSA) is 61.9 Å². The number of ether oxygens (including phenoxy) is 1. The van der Waals surface area contributed by atoms with Crippen LogP contribution in [0.3, 0.4) is 0 Å². The summed E-state index contributed by atoms with van der Waals surface area (Å²) in [7, 11) is 0. The van der Waals surface area contributed by atoms with Gasteiger partial charge in [0.25, 0.3) is 5.91 Å². The lowest BCUT2D eigenvalue weighted by atomic mass is 9.84. The van der Waals surface area contributed by atoms with Crippen molar-refractivity contribution in [2.75, 3.05) is 13.1 Å². The highest BCUT2D eigenvalue weighted by atomic mass is 16.5. The molecule has 5 rings (SSSR count). The van der Waals surface area contributed by atoms with Crippen LogP contribution in [0.15, 0.2) is 54.6 Å². The van der Waals surface area contributed by atoms with E-state index >= 15 is 0 Å². The molecule has 1 N–H and O–H groups in total. The second-order valence-electron chi connectivity index (χ2n) is 10.9. The first kappa shape index (κ1) is 25.0. The minimum atomic E-state index is -0.393. The number of fused-ring (bicyclic) bond motifs is 1. The highest BCUT2D eigenvalue weighted by Gasteiger charge is 2.47. The fourth-order valence-corrected chi connectivity index (χ4v) is 6.46. The maximum absolute atomic E-state index is 13.5. The average molecular weight is 490 g/mol. The van der Waals surface area contributed by atoms with E-state index in [9.17, 15) is 9.59 Å². The Morgan fingerprint density at radius 1 is 0.917 bits per heavy atom. The molecule has 2 heterocycles. The van der Waals surface area contributed by atoms with E-state index in [1.165, 1.54) is 12.0 Å². The van der Waals surface area contributed by atoms with Crippen LogP contribution in [0.25, 0.3) is 0 Å². The van der Waals surface area contributed by atoms with Crippen molar-refractivity contribution in [2.45, 2.75) is 83.3 Å². The molecule has 2 saturated heterocycles. The van der Waals surface area contributed by atoms with E-state index in [0.717, 1.165) is 50.9 Å². The Labute approximate surface area is 215 Å². The van der Waals surface area contributed by atoms with Gasteiger partial charge in [0.2, 0.25) is 5.91 Å². The Morgan fingerprint density at radius 3 is 2.31 bits per heavy atom. The molecule has 6 nitrogen and oxygen atoms in total. The van der Waals surface area contributed by atoms with Crippen molar-refractivity contribution in [1.29, 1.82) is 0 Å². The first-order valence-corrected chi connectivity index (χ1v) is 13.6. The SMILES string of the molecule is CC1CN(Cc2ccc(CNC(=O)C3CC4CCCCC4N3C(=O)c3ccccc3)cc2)CC(C)O1. The first-order valence-electron chi connectivity index (χ1n) is 13.6. The summed E-state index contributed by atoms with van der Waals surface area (Å²) in [5.41, 5.74) is 3.01. The maximum atomic E-state index is 13.5. The van der Waals surface area contributed by atoms with Crippen molar-refractivity contribution in [2.24, 2.45) is 5.92 Å². The molecule has 5 unspecified atom stereocenters. The molecule has 6 heteroatoms. The summed E-state index contributed by atoms with van der Waals surface area (Å²) in [6.07, 6.45) is 5.71. The zero-order chi connectivity index (χ0) is 25.1. The fourth-order valence-electron chi connectivity index (χ4n) is 6.46. The van der Waals surface area contributed by atoms with Crippen LogP contribution in [0.5, 0.6) is 0 Å². The molecule has 192 valence electrons. The van der Waals surface area contributed by atoms with E-state index in [1.54, 1.807) is 0 Å². The van der Waals surface area contributed by atoms with Crippen LogP contribution in [0.4, 0.5) is 0 Å². The smallest absolute Gasteiger partial charge is 0.254 e. The Hall–Kier alpha value is -2.70. The molecule has 0 radical (unpaired) electrons. The number of morpholine rings is 1. The van der Waals surface area contributed by atoms with Gasteiger partial charge in [-0.05, 0) is 62.3 Å². The molecule has 3 aliphatic rings. The zero-order valence-corrected chi connectivity index (χ0v) is 21.6. The van der Waals surface area contributed by atoms with Crippen LogP contribution < -0.4 is 5.32 Å². The van der Waals surface area contributed by atoms with Gasteiger partial charge in [-0.25, -0.2) is 0 Å². The number of hydrogen-bond donors (Lipinski definition) is 1. The molecule has 0 bridgehead atoms. The summed E-state index contributed by atoms with van der Waals surface area (Å²) in [6.45, 7) is 7.54. The van der Waals surface area contributed by atoms with Gasteiger partial charge in [0.1, 0.15) is 6.04 Å².